The van der Waals surface area contributed by atoms with Crippen LogP contribution in [0.4, 0.5) is 11.4 Å². The average Bonchev–Trinajstić information content (AvgIpc) is 3.27. The number of anilines is 2. The smallest absolute Gasteiger partial charge is 0.255 e. The lowest BCUT2D eigenvalue weighted by atomic mass is 10.1. The molecule has 0 fully saturated rings. The van der Waals surface area contributed by atoms with Crippen molar-refractivity contribution in [3.8, 4) is 11.5 Å². The number of nitrogens with one attached hydrogen (secondary N) is 2. The molecule has 1 heterocycles. The fourth-order valence-corrected chi connectivity index (χ4v) is 3.10. The van der Waals surface area contributed by atoms with Gasteiger partial charge in [-0.2, -0.15) is 0 Å². The SMILES string of the molecule is COCC(=O)Nc1ccc(NC(=O)c2ccc(OCc3cscn3)c(OC)c2)cc1. The van der Waals surface area contributed by atoms with E-state index in [9.17, 15) is 9.59 Å². The number of methoxy groups -OCH3 is 2. The highest BCUT2D eigenvalue weighted by Crippen LogP contribution is 2.29. The number of aromatic nitrogens is 1. The summed E-state index contributed by atoms with van der Waals surface area (Å²) in [5.74, 6) is 0.432. The van der Waals surface area contributed by atoms with E-state index >= 15 is 0 Å². The first-order valence-electron chi connectivity index (χ1n) is 8.97. The van der Waals surface area contributed by atoms with E-state index in [1.54, 1.807) is 48.0 Å². The van der Waals surface area contributed by atoms with E-state index in [2.05, 4.69) is 15.6 Å². The summed E-state index contributed by atoms with van der Waals surface area (Å²) < 4.78 is 15.9. The molecule has 0 unspecified atom stereocenters. The molecule has 3 rings (SSSR count). The molecule has 0 aliphatic carbocycles. The topological polar surface area (TPSA) is 98.8 Å². The van der Waals surface area contributed by atoms with Crippen LogP contribution in [0.1, 0.15) is 16.1 Å². The minimum absolute atomic E-state index is 0.0240. The van der Waals surface area contributed by atoms with Crippen molar-refractivity contribution in [3.05, 3.63) is 64.6 Å². The molecule has 0 saturated heterocycles. The number of hydrogen-bond donors (Lipinski definition) is 2. The number of ether oxygens (including phenoxy) is 3. The van der Waals surface area contributed by atoms with Crippen molar-refractivity contribution in [2.45, 2.75) is 6.61 Å². The summed E-state index contributed by atoms with van der Waals surface area (Å²) in [7, 11) is 2.97. The normalized spacial score (nSPS) is 10.3. The van der Waals surface area contributed by atoms with Crippen LogP contribution in [0.3, 0.4) is 0 Å². The first-order valence-corrected chi connectivity index (χ1v) is 9.91. The van der Waals surface area contributed by atoms with Gasteiger partial charge in [0.05, 0.1) is 18.3 Å². The van der Waals surface area contributed by atoms with Crippen molar-refractivity contribution in [1.82, 2.24) is 4.98 Å². The molecule has 0 bridgehead atoms. The molecule has 2 N–H and O–H groups in total. The van der Waals surface area contributed by atoms with Gasteiger partial charge in [-0.05, 0) is 42.5 Å². The summed E-state index contributed by atoms with van der Waals surface area (Å²) in [4.78, 5) is 28.3. The van der Waals surface area contributed by atoms with Gasteiger partial charge in [0, 0.05) is 29.4 Å². The van der Waals surface area contributed by atoms with Crippen LogP contribution in [0.25, 0.3) is 0 Å². The molecule has 0 radical (unpaired) electrons. The Bertz CT molecular complexity index is 990. The minimum atomic E-state index is -0.296. The average molecular weight is 427 g/mol. The van der Waals surface area contributed by atoms with Gasteiger partial charge in [0.2, 0.25) is 5.91 Å². The lowest BCUT2D eigenvalue weighted by Crippen LogP contribution is -2.17. The van der Waals surface area contributed by atoms with Crippen LogP contribution in [-0.2, 0) is 16.1 Å². The third-order valence-electron chi connectivity index (χ3n) is 3.99. The van der Waals surface area contributed by atoms with Gasteiger partial charge < -0.3 is 24.8 Å². The van der Waals surface area contributed by atoms with Crippen molar-refractivity contribution in [2.75, 3.05) is 31.5 Å². The molecule has 0 saturated carbocycles. The van der Waals surface area contributed by atoms with E-state index in [0.29, 0.717) is 35.0 Å². The lowest BCUT2D eigenvalue weighted by Gasteiger charge is -2.12. The van der Waals surface area contributed by atoms with Crippen LogP contribution in [-0.4, -0.2) is 37.6 Å². The van der Waals surface area contributed by atoms with Crippen molar-refractivity contribution >= 4 is 34.5 Å². The molecule has 156 valence electrons. The van der Waals surface area contributed by atoms with E-state index in [0.717, 1.165) is 5.69 Å². The quantitative estimate of drug-likeness (QED) is 0.542. The van der Waals surface area contributed by atoms with Crippen molar-refractivity contribution in [2.24, 2.45) is 0 Å². The molecule has 0 aliphatic rings. The van der Waals surface area contributed by atoms with Gasteiger partial charge in [0.1, 0.15) is 13.2 Å². The number of carbonyl (C=O) groups excluding carboxylic acids is 2. The first-order chi connectivity index (χ1) is 14.6. The highest BCUT2D eigenvalue weighted by atomic mass is 32.1. The van der Waals surface area contributed by atoms with E-state index in [1.165, 1.54) is 25.6 Å². The number of nitrogens with zero attached hydrogens (tertiary/aromatic N) is 1. The van der Waals surface area contributed by atoms with Gasteiger partial charge >= 0.3 is 0 Å². The summed E-state index contributed by atoms with van der Waals surface area (Å²) in [5, 5.41) is 7.40. The van der Waals surface area contributed by atoms with Gasteiger partial charge in [-0.15, -0.1) is 11.3 Å². The van der Waals surface area contributed by atoms with Crippen LogP contribution < -0.4 is 20.1 Å². The predicted molar refractivity (Wildman–Crippen MR) is 114 cm³/mol. The number of carbonyl (C=O) groups is 2. The molecule has 2 amide bonds. The maximum Gasteiger partial charge on any atom is 0.255 e. The third-order valence-corrected chi connectivity index (χ3v) is 4.62. The second-order valence-electron chi connectivity index (χ2n) is 6.15. The fraction of sp³-hybridized carbons (Fsp3) is 0.190. The Morgan fingerprint density at radius 2 is 1.73 bits per heavy atom. The van der Waals surface area contributed by atoms with Crippen LogP contribution in [0.15, 0.2) is 53.4 Å². The minimum Gasteiger partial charge on any atom is -0.493 e. The largest absolute Gasteiger partial charge is 0.493 e. The van der Waals surface area contributed by atoms with Gasteiger partial charge in [-0.1, -0.05) is 0 Å². The Morgan fingerprint density at radius 1 is 1.00 bits per heavy atom. The molecular formula is C21H21N3O5S. The van der Waals surface area contributed by atoms with E-state index < -0.39 is 0 Å². The number of amides is 2. The van der Waals surface area contributed by atoms with E-state index in [1.807, 2.05) is 5.38 Å². The standard InChI is InChI=1S/C21H21N3O5S/c1-27-11-20(25)23-15-4-6-16(7-5-15)24-21(26)14-3-8-18(19(9-14)28-2)29-10-17-12-30-13-22-17/h3-9,12-13H,10-11H2,1-2H3,(H,23,25)(H,24,26). The zero-order valence-corrected chi connectivity index (χ0v) is 17.3. The zero-order valence-electron chi connectivity index (χ0n) is 16.5. The van der Waals surface area contributed by atoms with Crippen LogP contribution in [0.5, 0.6) is 11.5 Å². The third kappa shape index (κ3) is 5.79. The van der Waals surface area contributed by atoms with Crippen molar-refractivity contribution in [1.29, 1.82) is 0 Å². The highest BCUT2D eigenvalue weighted by Gasteiger charge is 2.12. The monoisotopic (exact) mass is 427 g/mol. The molecule has 2 aromatic carbocycles. The fourth-order valence-electron chi connectivity index (χ4n) is 2.56. The molecule has 3 aromatic rings. The maximum atomic E-state index is 12.6. The van der Waals surface area contributed by atoms with Crippen LogP contribution >= 0.6 is 11.3 Å². The van der Waals surface area contributed by atoms with Gasteiger partial charge in [-0.25, -0.2) is 4.98 Å². The second kappa shape index (κ2) is 10.4. The Morgan fingerprint density at radius 3 is 2.37 bits per heavy atom. The number of benzene rings is 2. The summed E-state index contributed by atoms with van der Waals surface area (Å²) in [6, 6.07) is 11.7. The Balaban J connectivity index is 1.62. The molecular weight excluding hydrogens is 406 g/mol. The summed E-state index contributed by atoms with van der Waals surface area (Å²) in [6.45, 7) is 0.294. The Hall–Kier alpha value is -3.43. The number of hydrogen-bond acceptors (Lipinski definition) is 7. The zero-order chi connectivity index (χ0) is 21.3. The maximum absolute atomic E-state index is 12.6. The second-order valence-corrected chi connectivity index (χ2v) is 6.87. The summed E-state index contributed by atoms with van der Waals surface area (Å²) in [5.41, 5.74) is 4.19. The molecule has 0 atom stereocenters. The van der Waals surface area contributed by atoms with Gasteiger partial charge in [0.25, 0.3) is 5.91 Å². The molecule has 30 heavy (non-hydrogen) atoms. The van der Waals surface area contributed by atoms with E-state index in [-0.39, 0.29) is 18.4 Å². The Kier molecular flexibility index (Phi) is 7.36. The molecule has 0 aliphatic heterocycles. The molecule has 1 aromatic heterocycles. The van der Waals surface area contributed by atoms with Crippen molar-refractivity contribution in [3.63, 3.8) is 0 Å². The van der Waals surface area contributed by atoms with Crippen LogP contribution in [0, 0.1) is 0 Å². The predicted octanol–water partition coefficient (Wildman–Crippen LogP) is 3.57. The first kappa shape index (κ1) is 21.3. The number of thiazole rings is 1. The molecule has 9 heteroatoms. The van der Waals surface area contributed by atoms with Crippen LogP contribution in [0.2, 0.25) is 0 Å². The highest BCUT2D eigenvalue weighted by molar-refractivity contribution is 7.07. The summed E-state index contributed by atoms with van der Waals surface area (Å²) >= 11 is 1.50. The molecule has 0 spiro atoms. The summed E-state index contributed by atoms with van der Waals surface area (Å²) in [6.07, 6.45) is 0. The lowest BCUT2D eigenvalue weighted by molar-refractivity contribution is -0.119. The van der Waals surface area contributed by atoms with Gasteiger partial charge in [-0.3, -0.25) is 9.59 Å². The van der Waals surface area contributed by atoms with E-state index in [4.69, 9.17) is 14.2 Å². The number of rotatable bonds is 9. The van der Waals surface area contributed by atoms with Crippen molar-refractivity contribution < 1.29 is 23.8 Å². The van der Waals surface area contributed by atoms with Gasteiger partial charge in [0.15, 0.2) is 11.5 Å². The Labute approximate surface area is 177 Å². The molecule has 8 nitrogen and oxygen atoms in total.